The molecule has 6 N–H and O–H groups in total. The summed E-state index contributed by atoms with van der Waals surface area (Å²) >= 11 is 0. The highest BCUT2D eigenvalue weighted by molar-refractivity contribution is 5.82. The van der Waals surface area contributed by atoms with Crippen LogP contribution >= 0.6 is 0 Å². The second-order valence-corrected chi connectivity index (χ2v) is 12.5. The van der Waals surface area contributed by atoms with Crippen LogP contribution < -0.4 is 16.4 Å². The normalized spacial score (nSPS) is 20.1. The first-order valence-electron chi connectivity index (χ1n) is 16.2. The summed E-state index contributed by atoms with van der Waals surface area (Å²) in [6.07, 6.45) is 7.98. The van der Waals surface area contributed by atoms with E-state index in [0.29, 0.717) is 6.04 Å². The van der Waals surface area contributed by atoms with E-state index in [1.807, 2.05) is 38.1 Å². The third-order valence-electron chi connectivity index (χ3n) is 9.00. The Hall–Kier alpha value is -4.28. The van der Waals surface area contributed by atoms with E-state index in [4.69, 9.17) is 5.73 Å². The Morgan fingerprint density at radius 2 is 1.44 bits per heavy atom. The minimum absolute atomic E-state index is 0.0135. The van der Waals surface area contributed by atoms with Crippen molar-refractivity contribution in [3.63, 3.8) is 0 Å². The van der Waals surface area contributed by atoms with Crippen LogP contribution in [0.5, 0.6) is 0 Å². The number of nitrogens with one attached hydrogen (secondary N) is 4. The maximum atomic E-state index is 12.9. The summed E-state index contributed by atoms with van der Waals surface area (Å²) in [5.74, 6) is 3.06. The number of imidazole rings is 2. The van der Waals surface area contributed by atoms with E-state index in [2.05, 4.69) is 84.1 Å². The molecule has 0 radical (unpaired) electrons. The van der Waals surface area contributed by atoms with Crippen molar-refractivity contribution in [1.82, 2.24) is 35.5 Å². The fourth-order valence-electron chi connectivity index (χ4n) is 6.22. The molecule has 7 rings (SSSR count). The number of hydrogen-bond acceptors (Lipinski definition) is 7. The predicted molar refractivity (Wildman–Crippen MR) is 179 cm³/mol. The number of likely N-dealkylation sites (tertiary alicyclic amines) is 1. The van der Waals surface area contributed by atoms with Gasteiger partial charge in [0.1, 0.15) is 11.6 Å². The number of H-pyrrole nitrogens is 2. The summed E-state index contributed by atoms with van der Waals surface area (Å²) in [5.41, 5.74) is 12.7. The Bertz CT molecular complexity index is 1600. The summed E-state index contributed by atoms with van der Waals surface area (Å²) in [6.45, 7) is 9.74. The first-order chi connectivity index (χ1) is 21.9. The van der Waals surface area contributed by atoms with E-state index >= 15 is 0 Å². The number of amides is 1. The number of aromatic amines is 2. The van der Waals surface area contributed by atoms with Gasteiger partial charge < -0.3 is 31.2 Å². The molecule has 5 heterocycles. The zero-order valence-electron chi connectivity index (χ0n) is 26.5. The maximum Gasteiger partial charge on any atom is 0.240 e. The second kappa shape index (κ2) is 13.8. The van der Waals surface area contributed by atoms with Crippen LogP contribution in [0.15, 0.2) is 65.9 Å². The molecule has 2 saturated heterocycles. The van der Waals surface area contributed by atoms with Crippen molar-refractivity contribution < 1.29 is 4.79 Å². The molecule has 0 saturated carbocycles. The van der Waals surface area contributed by atoms with E-state index < -0.39 is 6.04 Å². The lowest BCUT2D eigenvalue weighted by Crippen LogP contribution is -2.46. The first-order valence-corrected chi connectivity index (χ1v) is 16.2. The van der Waals surface area contributed by atoms with Crippen molar-refractivity contribution in [2.24, 2.45) is 16.6 Å². The molecular formula is C35H45N9O. The average molecular weight is 608 g/mol. The Labute approximate surface area is 265 Å². The first kappa shape index (κ1) is 30.7. The third-order valence-corrected chi connectivity index (χ3v) is 9.00. The Balaban J connectivity index is 0.000000535. The van der Waals surface area contributed by atoms with Gasteiger partial charge in [-0.2, -0.15) is 0 Å². The molecule has 2 aromatic carbocycles. The van der Waals surface area contributed by atoms with Crippen LogP contribution in [0.25, 0.3) is 33.6 Å². The summed E-state index contributed by atoms with van der Waals surface area (Å²) in [7, 11) is 0. The highest BCUT2D eigenvalue weighted by atomic mass is 16.2. The molecule has 0 aliphatic carbocycles. The third kappa shape index (κ3) is 7.02. The molecule has 3 aliphatic heterocycles. The number of amidine groups is 1. The predicted octanol–water partition coefficient (Wildman–Crippen LogP) is 5.21. The van der Waals surface area contributed by atoms with Crippen molar-refractivity contribution in [3.8, 4) is 33.6 Å². The van der Waals surface area contributed by atoms with E-state index in [-0.39, 0.29) is 17.9 Å². The van der Waals surface area contributed by atoms with E-state index in [0.717, 1.165) is 96.6 Å². The molecule has 0 unspecified atom stereocenters. The van der Waals surface area contributed by atoms with Crippen molar-refractivity contribution in [3.05, 3.63) is 72.6 Å². The lowest BCUT2D eigenvalue weighted by Gasteiger charge is -2.27. The van der Waals surface area contributed by atoms with Gasteiger partial charge in [0.2, 0.25) is 5.91 Å². The molecule has 3 atom stereocenters. The molecule has 10 heteroatoms. The summed E-state index contributed by atoms with van der Waals surface area (Å²) in [6, 6.07) is 16.9. The highest BCUT2D eigenvalue weighted by Gasteiger charge is 2.35. The standard InChI is InChI=1S/C31H37N7O.C4H8N2/c1-19(2)28(32)31(39)38-16-4-6-27(38)30-35-18-26(37-30)23-13-9-21(10-14-23)20-7-11-22(12-8-20)25-17-34-29(36-25)24-5-3-15-33-24;1-4-5-2-3-6-4/h7-14,17-19,24,27-28,33H,3-6,15-16,32H2,1-2H3,(H,34,36)(H,35,37);2-3H2,1H3,(H,5,6)/t24-,27-,28-;/m0./s1. The minimum Gasteiger partial charge on any atom is -0.372 e. The van der Waals surface area contributed by atoms with E-state index in [9.17, 15) is 4.79 Å². The number of hydrogen-bond donors (Lipinski definition) is 5. The van der Waals surface area contributed by atoms with Crippen molar-refractivity contribution >= 4 is 11.7 Å². The molecule has 10 nitrogen and oxygen atoms in total. The number of carbonyl (C=O) groups excluding carboxylic acids is 1. The molecule has 2 fully saturated rings. The van der Waals surface area contributed by atoms with Crippen LogP contribution in [0.4, 0.5) is 0 Å². The summed E-state index contributed by atoms with van der Waals surface area (Å²) in [4.78, 5) is 35.1. The number of carbonyl (C=O) groups is 1. The van der Waals surface area contributed by atoms with Gasteiger partial charge in [-0.25, -0.2) is 9.97 Å². The van der Waals surface area contributed by atoms with Crippen LogP contribution in [0, 0.1) is 5.92 Å². The van der Waals surface area contributed by atoms with Crippen molar-refractivity contribution in [2.75, 3.05) is 26.2 Å². The quantitative estimate of drug-likeness (QED) is 0.195. The molecular weight excluding hydrogens is 562 g/mol. The van der Waals surface area contributed by atoms with Gasteiger partial charge in [-0.3, -0.25) is 9.79 Å². The monoisotopic (exact) mass is 607 g/mol. The van der Waals surface area contributed by atoms with Crippen LogP contribution in [-0.2, 0) is 4.79 Å². The second-order valence-electron chi connectivity index (χ2n) is 12.5. The number of aromatic nitrogens is 4. The van der Waals surface area contributed by atoms with Crippen LogP contribution in [0.1, 0.15) is 70.2 Å². The smallest absolute Gasteiger partial charge is 0.240 e. The van der Waals surface area contributed by atoms with Gasteiger partial charge in [0.25, 0.3) is 0 Å². The fraction of sp³-hybridized carbons (Fsp3) is 0.429. The zero-order chi connectivity index (χ0) is 31.3. The maximum absolute atomic E-state index is 12.9. The van der Waals surface area contributed by atoms with Crippen molar-refractivity contribution in [1.29, 1.82) is 0 Å². The van der Waals surface area contributed by atoms with Crippen LogP contribution in [0.3, 0.4) is 0 Å². The Morgan fingerprint density at radius 3 is 1.96 bits per heavy atom. The Kier molecular flexibility index (Phi) is 9.42. The van der Waals surface area contributed by atoms with Crippen molar-refractivity contribution in [2.45, 2.75) is 64.6 Å². The van der Waals surface area contributed by atoms with Gasteiger partial charge in [0.05, 0.1) is 54.3 Å². The molecule has 1 amide bonds. The molecule has 236 valence electrons. The lowest BCUT2D eigenvalue weighted by molar-refractivity contribution is -0.134. The minimum atomic E-state index is -0.479. The van der Waals surface area contributed by atoms with Gasteiger partial charge in [0.15, 0.2) is 0 Å². The number of nitrogens with two attached hydrogens (primary N) is 1. The molecule has 4 aromatic rings. The van der Waals surface area contributed by atoms with Gasteiger partial charge in [0, 0.05) is 13.1 Å². The molecule has 0 bridgehead atoms. The summed E-state index contributed by atoms with van der Waals surface area (Å²) < 4.78 is 0. The highest BCUT2D eigenvalue weighted by Crippen LogP contribution is 2.33. The number of benzene rings is 2. The van der Waals surface area contributed by atoms with Crippen LogP contribution in [-0.4, -0.2) is 68.8 Å². The lowest BCUT2D eigenvalue weighted by atomic mass is 10.0. The molecule has 3 aliphatic rings. The van der Waals surface area contributed by atoms with E-state index in [1.54, 1.807) is 0 Å². The van der Waals surface area contributed by atoms with Gasteiger partial charge in [-0.15, -0.1) is 0 Å². The molecule has 2 aromatic heterocycles. The number of nitrogens with zero attached hydrogens (tertiary/aromatic N) is 4. The van der Waals surface area contributed by atoms with E-state index in [1.165, 1.54) is 6.42 Å². The zero-order valence-corrected chi connectivity index (χ0v) is 26.5. The largest absolute Gasteiger partial charge is 0.372 e. The number of rotatable bonds is 7. The fourth-order valence-corrected chi connectivity index (χ4v) is 6.22. The SMILES string of the molecule is CC(C)[C@H](N)C(=O)N1CCC[C@H]1c1ncc(-c2ccc(-c3ccc(-c4cnc([C@@H]5CCCN5)[nH]4)cc3)cc2)[nH]1.CC1=NCCN1. The average Bonchev–Trinajstić information content (AvgIpc) is 3.91. The molecule has 0 spiro atoms. The van der Waals surface area contributed by atoms with Crippen LogP contribution in [0.2, 0.25) is 0 Å². The summed E-state index contributed by atoms with van der Waals surface area (Å²) in [5, 5.41) is 6.56. The topological polar surface area (TPSA) is 140 Å². The van der Waals surface area contributed by atoms with Gasteiger partial charge in [-0.1, -0.05) is 62.4 Å². The van der Waals surface area contributed by atoms with Gasteiger partial charge in [-0.05, 0) is 67.3 Å². The molecule has 45 heavy (non-hydrogen) atoms. The number of aliphatic imine (C=N–C) groups is 1. The van der Waals surface area contributed by atoms with Gasteiger partial charge >= 0.3 is 0 Å². The Morgan fingerprint density at radius 1 is 0.844 bits per heavy atom.